The number of nitrogens with zero attached hydrogens (tertiary/aromatic N) is 2. The van der Waals surface area contributed by atoms with Gasteiger partial charge in [-0.2, -0.15) is 0 Å². The molecule has 0 unspecified atom stereocenters. The van der Waals surface area contributed by atoms with Gasteiger partial charge in [0.1, 0.15) is 17.2 Å². The molecule has 0 saturated carbocycles. The van der Waals surface area contributed by atoms with Gasteiger partial charge in [-0.05, 0) is 37.6 Å². The van der Waals surface area contributed by atoms with Crippen LogP contribution < -0.4 is 0 Å². The summed E-state index contributed by atoms with van der Waals surface area (Å²) in [6.07, 6.45) is 2.18. The number of benzene rings is 1. The van der Waals surface area contributed by atoms with E-state index in [4.69, 9.17) is 16.1 Å². The minimum atomic E-state index is 0.245. The van der Waals surface area contributed by atoms with E-state index in [9.17, 15) is 5.11 Å². The third-order valence-corrected chi connectivity index (χ3v) is 4.47. The van der Waals surface area contributed by atoms with Gasteiger partial charge in [-0.3, -0.25) is 4.90 Å². The molecule has 0 amide bonds. The molecule has 5 heteroatoms. The summed E-state index contributed by atoms with van der Waals surface area (Å²) in [7, 11) is 0. The van der Waals surface area contributed by atoms with Crippen molar-refractivity contribution in [1.82, 2.24) is 10.1 Å². The van der Waals surface area contributed by atoms with Crippen LogP contribution in [0.3, 0.4) is 0 Å². The van der Waals surface area contributed by atoms with Crippen molar-refractivity contribution in [3.8, 4) is 5.75 Å². The van der Waals surface area contributed by atoms with Gasteiger partial charge in [-0.15, -0.1) is 0 Å². The largest absolute Gasteiger partial charge is 0.508 e. The molecule has 1 atom stereocenters. The molecule has 1 saturated heterocycles. The molecule has 1 N–H and O–H groups in total. The van der Waals surface area contributed by atoms with E-state index in [0.29, 0.717) is 17.5 Å². The number of aromatic nitrogens is 1. The lowest BCUT2D eigenvalue weighted by Gasteiger charge is -2.23. The number of halogens is 1. The fraction of sp³-hybridized carbons (Fsp3) is 0.471. The Morgan fingerprint density at radius 1 is 1.41 bits per heavy atom. The summed E-state index contributed by atoms with van der Waals surface area (Å²) in [4.78, 5) is 2.33. The number of hydrogen-bond acceptors (Lipinski definition) is 4. The van der Waals surface area contributed by atoms with E-state index < -0.39 is 0 Å². The molecular formula is C17H21ClN2O2. The van der Waals surface area contributed by atoms with Gasteiger partial charge >= 0.3 is 0 Å². The number of hydrogen-bond donors (Lipinski definition) is 1. The van der Waals surface area contributed by atoms with Crippen molar-refractivity contribution in [3.63, 3.8) is 0 Å². The molecular weight excluding hydrogens is 300 g/mol. The molecule has 4 nitrogen and oxygen atoms in total. The zero-order valence-corrected chi connectivity index (χ0v) is 13.7. The van der Waals surface area contributed by atoms with Gasteiger partial charge in [0.25, 0.3) is 0 Å². The lowest BCUT2D eigenvalue weighted by Crippen LogP contribution is -2.23. The van der Waals surface area contributed by atoms with Crippen LogP contribution in [0.1, 0.15) is 55.7 Å². The molecule has 2 heterocycles. The van der Waals surface area contributed by atoms with E-state index in [2.05, 4.69) is 30.0 Å². The van der Waals surface area contributed by atoms with Crippen LogP contribution in [0.25, 0.3) is 0 Å². The van der Waals surface area contributed by atoms with E-state index in [1.54, 1.807) is 12.1 Å². The van der Waals surface area contributed by atoms with Gasteiger partial charge in [0.05, 0.1) is 6.04 Å². The minimum Gasteiger partial charge on any atom is -0.508 e. The Morgan fingerprint density at radius 3 is 2.95 bits per heavy atom. The highest BCUT2D eigenvalue weighted by atomic mass is 35.5. The van der Waals surface area contributed by atoms with Crippen LogP contribution in [-0.4, -0.2) is 21.7 Å². The standard InChI is InChI=1S/C17H21ClN2O2/c1-11(2)17-9-14(19-22-17)15-4-3-7-20(15)10-12-8-13(18)5-6-16(12)21/h5-6,8-9,11,15,21H,3-4,7,10H2,1-2H3/t15-/m1/s1. The van der Waals surface area contributed by atoms with Crippen molar-refractivity contribution in [2.75, 3.05) is 6.54 Å². The van der Waals surface area contributed by atoms with Crippen molar-refractivity contribution in [2.24, 2.45) is 0 Å². The smallest absolute Gasteiger partial charge is 0.139 e. The molecule has 0 radical (unpaired) electrons. The van der Waals surface area contributed by atoms with Crippen molar-refractivity contribution < 1.29 is 9.63 Å². The van der Waals surface area contributed by atoms with Gasteiger partial charge in [-0.25, -0.2) is 0 Å². The van der Waals surface area contributed by atoms with Crippen LogP contribution in [0.15, 0.2) is 28.8 Å². The molecule has 1 aromatic carbocycles. The third-order valence-electron chi connectivity index (χ3n) is 4.24. The van der Waals surface area contributed by atoms with Crippen LogP contribution in [0.4, 0.5) is 0 Å². The van der Waals surface area contributed by atoms with Crippen LogP contribution in [-0.2, 0) is 6.54 Å². The molecule has 3 rings (SSSR count). The maximum absolute atomic E-state index is 10.0. The minimum absolute atomic E-state index is 0.245. The average Bonchev–Trinajstić information content (AvgIpc) is 3.11. The van der Waals surface area contributed by atoms with Gasteiger partial charge < -0.3 is 9.63 Å². The van der Waals surface area contributed by atoms with Crippen molar-refractivity contribution in [2.45, 2.75) is 45.2 Å². The Balaban J connectivity index is 1.79. The molecule has 2 aromatic rings. The number of phenols is 1. The Hall–Kier alpha value is -1.52. The van der Waals surface area contributed by atoms with E-state index in [0.717, 1.165) is 36.4 Å². The lowest BCUT2D eigenvalue weighted by molar-refractivity contribution is 0.233. The van der Waals surface area contributed by atoms with E-state index in [1.807, 2.05) is 6.07 Å². The highest BCUT2D eigenvalue weighted by molar-refractivity contribution is 6.30. The quantitative estimate of drug-likeness (QED) is 0.901. The van der Waals surface area contributed by atoms with Crippen molar-refractivity contribution in [3.05, 3.63) is 46.3 Å². The van der Waals surface area contributed by atoms with Gasteiger partial charge in [0.2, 0.25) is 0 Å². The summed E-state index contributed by atoms with van der Waals surface area (Å²) in [6, 6.07) is 7.49. The predicted octanol–water partition coefficient (Wildman–Crippen LogP) is 4.49. The molecule has 0 spiro atoms. The second kappa shape index (κ2) is 6.31. The zero-order chi connectivity index (χ0) is 15.7. The fourth-order valence-electron chi connectivity index (χ4n) is 2.98. The first-order valence-electron chi connectivity index (χ1n) is 7.72. The molecule has 0 aliphatic carbocycles. The summed E-state index contributed by atoms with van der Waals surface area (Å²) in [5, 5.41) is 14.9. The second-order valence-electron chi connectivity index (χ2n) is 6.21. The van der Waals surface area contributed by atoms with Crippen LogP contribution in [0.2, 0.25) is 5.02 Å². The monoisotopic (exact) mass is 320 g/mol. The molecule has 1 aliphatic heterocycles. The number of likely N-dealkylation sites (tertiary alicyclic amines) is 1. The number of rotatable bonds is 4. The predicted molar refractivity (Wildman–Crippen MR) is 86.1 cm³/mol. The Labute approximate surface area is 135 Å². The fourth-order valence-corrected chi connectivity index (χ4v) is 3.18. The molecule has 1 aromatic heterocycles. The average molecular weight is 321 g/mol. The first kappa shape index (κ1) is 15.4. The first-order valence-corrected chi connectivity index (χ1v) is 8.10. The molecule has 1 fully saturated rings. The SMILES string of the molecule is CC(C)c1cc([C@H]2CCCN2Cc2cc(Cl)ccc2O)no1. The van der Waals surface area contributed by atoms with E-state index in [1.165, 1.54) is 0 Å². The summed E-state index contributed by atoms with van der Waals surface area (Å²) in [5.74, 6) is 1.55. The van der Waals surface area contributed by atoms with Crippen LogP contribution in [0, 0.1) is 0 Å². The van der Waals surface area contributed by atoms with Gasteiger partial charge in [-0.1, -0.05) is 30.6 Å². The van der Waals surface area contributed by atoms with Gasteiger partial charge in [0.15, 0.2) is 0 Å². The Kier molecular flexibility index (Phi) is 4.41. The molecule has 22 heavy (non-hydrogen) atoms. The van der Waals surface area contributed by atoms with Gasteiger partial charge in [0, 0.05) is 29.1 Å². The van der Waals surface area contributed by atoms with Crippen LogP contribution in [0.5, 0.6) is 5.75 Å². The molecule has 1 aliphatic rings. The highest BCUT2D eigenvalue weighted by Gasteiger charge is 2.29. The molecule has 118 valence electrons. The second-order valence-corrected chi connectivity index (χ2v) is 6.65. The summed E-state index contributed by atoms with van der Waals surface area (Å²) in [5.41, 5.74) is 1.84. The number of phenolic OH excluding ortho intramolecular Hbond substituents is 1. The Morgan fingerprint density at radius 2 is 2.23 bits per heavy atom. The normalized spacial score (nSPS) is 19.2. The molecule has 0 bridgehead atoms. The maximum atomic E-state index is 10.0. The summed E-state index contributed by atoms with van der Waals surface area (Å²) in [6.45, 7) is 5.85. The van der Waals surface area contributed by atoms with E-state index in [-0.39, 0.29) is 11.8 Å². The van der Waals surface area contributed by atoms with Crippen molar-refractivity contribution in [1.29, 1.82) is 0 Å². The van der Waals surface area contributed by atoms with E-state index >= 15 is 0 Å². The lowest BCUT2D eigenvalue weighted by atomic mass is 10.1. The summed E-state index contributed by atoms with van der Waals surface area (Å²) < 4.78 is 5.43. The zero-order valence-electron chi connectivity index (χ0n) is 12.9. The topological polar surface area (TPSA) is 49.5 Å². The first-order chi connectivity index (χ1) is 10.5. The third kappa shape index (κ3) is 3.13. The highest BCUT2D eigenvalue weighted by Crippen LogP contribution is 2.35. The summed E-state index contributed by atoms with van der Waals surface area (Å²) >= 11 is 6.04. The van der Waals surface area contributed by atoms with Crippen LogP contribution >= 0.6 is 11.6 Å². The Bertz CT molecular complexity index is 654. The number of aromatic hydroxyl groups is 1. The maximum Gasteiger partial charge on any atom is 0.139 e. The van der Waals surface area contributed by atoms with Crippen molar-refractivity contribution >= 4 is 11.6 Å².